The molecule has 1 N–H and O–H groups in total. The topological polar surface area (TPSA) is 68.3 Å². The summed E-state index contributed by atoms with van der Waals surface area (Å²) in [4.78, 5) is 30.2. The molecule has 5 heteroatoms. The molecule has 1 heterocycles. The Morgan fingerprint density at radius 1 is 1.27 bits per heavy atom. The molecule has 0 saturated heterocycles. The lowest BCUT2D eigenvalue weighted by atomic mass is 9.70. The van der Waals surface area contributed by atoms with E-state index < -0.39 is 5.97 Å². The third kappa shape index (κ3) is 5.00. The monoisotopic (exact) mass is 410 g/mol. The van der Waals surface area contributed by atoms with Crippen LogP contribution in [-0.4, -0.2) is 29.5 Å². The maximum atomic E-state index is 13.2. The minimum atomic E-state index is -0.433. The molecule has 1 aliphatic carbocycles. The van der Waals surface area contributed by atoms with Crippen LogP contribution in [0.5, 0.6) is 0 Å². The zero-order chi connectivity index (χ0) is 21.9. The van der Waals surface area contributed by atoms with Gasteiger partial charge in [0.15, 0.2) is 6.61 Å². The summed E-state index contributed by atoms with van der Waals surface area (Å²) in [6.45, 7) is 10.5. The molecule has 0 radical (unpaired) electrons. The maximum absolute atomic E-state index is 13.2. The number of fused-ring (bicyclic) bond motifs is 2. The maximum Gasteiger partial charge on any atom is 0.339 e. The van der Waals surface area contributed by atoms with Gasteiger partial charge in [-0.25, -0.2) is 4.79 Å². The van der Waals surface area contributed by atoms with Gasteiger partial charge in [-0.2, -0.15) is 0 Å². The molecule has 5 nitrogen and oxygen atoms in total. The Labute approximate surface area is 179 Å². The number of hydrogen-bond donors (Lipinski definition) is 1. The van der Waals surface area contributed by atoms with Crippen molar-refractivity contribution in [1.82, 2.24) is 10.3 Å². The number of rotatable bonds is 6. The lowest BCUT2D eigenvalue weighted by Crippen LogP contribution is -2.36. The summed E-state index contributed by atoms with van der Waals surface area (Å²) < 4.78 is 5.49. The number of aromatic nitrogens is 1. The number of nitrogens with one attached hydrogen (secondary N) is 1. The largest absolute Gasteiger partial charge is 0.452 e. The van der Waals surface area contributed by atoms with Crippen molar-refractivity contribution >= 4 is 22.8 Å². The van der Waals surface area contributed by atoms with E-state index in [2.05, 4.69) is 33.0 Å². The highest BCUT2D eigenvalue weighted by Crippen LogP contribution is 2.39. The number of esters is 1. The molecular formula is C25H34N2O3. The molecule has 1 amide bonds. The fourth-order valence-corrected chi connectivity index (χ4v) is 4.39. The summed E-state index contributed by atoms with van der Waals surface area (Å²) in [5.74, 6) is -0.223. The average Bonchev–Trinajstić information content (AvgIpc) is 2.69. The van der Waals surface area contributed by atoms with Crippen molar-refractivity contribution in [2.24, 2.45) is 11.3 Å². The van der Waals surface area contributed by atoms with Gasteiger partial charge in [-0.1, -0.05) is 52.3 Å². The van der Waals surface area contributed by atoms with Gasteiger partial charge in [0.2, 0.25) is 0 Å². The van der Waals surface area contributed by atoms with E-state index in [4.69, 9.17) is 9.72 Å². The standard InChI is InChI=1S/C25H34N2O3/c1-6-9-16(2)26-22(28)15-30-24(29)23-18-10-7-8-11-20(18)27-21-13-12-17(14-19(21)23)25(3,4)5/h7-8,10-11,16-17H,6,9,12-15H2,1-5H3,(H,26,28). The van der Waals surface area contributed by atoms with Crippen LogP contribution in [0, 0.1) is 11.3 Å². The van der Waals surface area contributed by atoms with Crippen molar-refractivity contribution < 1.29 is 14.3 Å². The molecule has 2 atom stereocenters. The molecule has 0 bridgehead atoms. The Bertz CT molecular complexity index is 930. The summed E-state index contributed by atoms with van der Waals surface area (Å²) in [6, 6.07) is 7.77. The summed E-state index contributed by atoms with van der Waals surface area (Å²) in [7, 11) is 0. The Balaban J connectivity index is 1.88. The molecule has 0 saturated carbocycles. The highest BCUT2D eigenvalue weighted by molar-refractivity contribution is 6.05. The Hall–Kier alpha value is -2.43. The molecule has 3 rings (SSSR count). The molecule has 0 fully saturated rings. The van der Waals surface area contributed by atoms with E-state index >= 15 is 0 Å². The fourth-order valence-electron chi connectivity index (χ4n) is 4.39. The van der Waals surface area contributed by atoms with Crippen LogP contribution >= 0.6 is 0 Å². The first-order valence-electron chi connectivity index (χ1n) is 11.1. The minimum Gasteiger partial charge on any atom is -0.452 e. The number of carbonyl (C=O) groups is 2. The molecule has 162 valence electrons. The van der Waals surface area contributed by atoms with Crippen LogP contribution in [0.15, 0.2) is 24.3 Å². The van der Waals surface area contributed by atoms with E-state index in [9.17, 15) is 9.59 Å². The van der Waals surface area contributed by atoms with Gasteiger partial charge >= 0.3 is 5.97 Å². The zero-order valence-electron chi connectivity index (χ0n) is 18.9. The molecule has 30 heavy (non-hydrogen) atoms. The number of aryl methyl sites for hydroxylation is 1. The number of para-hydroxylation sites is 1. The SMILES string of the molecule is CCCC(C)NC(=O)COC(=O)c1c2c(nc3ccccc13)CCC(C(C)(C)C)C2. The van der Waals surface area contributed by atoms with Crippen molar-refractivity contribution in [2.45, 2.75) is 72.8 Å². The number of amides is 1. The quantitative estimate of drug-likeness (QED) is 0.692. The molecule has 1 aromatic heterocycles. The Morgan fingerprint density at radius 2 is 2.00 bits per heavy atom. The van der Waals surface area contributed by atoms with Crippen LogP contribution in [0.2, 0.25) is 0 Å². The van der Waals surface area contributed by atoms with Gasteiger partial charge in [0.25, 0.3) is 5.91 Å². The number of nitrogens with zero attached hydrogens (tertiary/aromatic N) is 1. The van der Waals surface area contributed by atoms with E-state index in [0.717, 1.165) is 54.3 Å². The molecule has 1 aliphatic rings. The highest BCUT2D eigenvalue weighted by Gasteiger charge is 2.33. The van der Waals surface area contributed by atoms with Crippen molar-refractivity contribution in [2.75, 3.05) is 6.61 Å². The van der Waals surface area contributed by atoms with Crippen molar-refractivity contribution in [3.05, 3.63) is 41.1 Å². The predicted molar refractivity (Wildman–Crippen MR) is 120 cm³/mol. The first kappa shape index (κ1) is 22.3. The smallest absolute Gasteiger partial charge is 0.339 e. The van der Waals surface area contributed by atoms with Crippen molar-refractivity contribution in [3.8, 4) is 0 Å². The summed E-state index contributed by atoms with van der Waals surface area (Å²) in [5, 5.41) is 3.69. The second-order valence-electron chi connectivity index (χ2n) is 9.57. The van der Waals surface area contributed by atoms with E-state index in [0.29, 0.717) is 11.5 Å². The molecule has 1 aromatic carbocycles. The second-order valence-corrected chi connectivity index (χ2v) is 9.57. The first-order valence-corrected chi connectivity index (χ1v) is 11.1. The van der Waals surface area contributed by atoms with Gasteiger partial charge in [0.05, 0.1) is 11.1 Å². The van der Waals surface area contributed by atoms with Crippen LogP contribution in [-0.2, 0) is 22.4 Å². The molecular weight excluding hydrogens is 376 g/mol. The van der Waals surface area contributed by atoms with Crippen molar-refractivity contribution in [3.63, 3.8) is 0 Å². The third-order valence-electron chi connectivity index (χ3n) is 6.15. The normalized spacial score (nSPS) is 17.3. The van der Waals surface area contributed by atoms with Gasteiger partial charge in [0.1, 0.15) is 0 Å². The second kappa shape index (κ2) is 9.15. The first-order chi connectivity index (χ1) is 14.2. The fraction of sp³-hybridized carbons (Fsp3) is 0.560. The van der Waals surface area contributed by atoms with E-state index in [1.54, 1.807) is 0 Å². The predicted octanol–water partition coefficient (Wildman–Crippen LogP) is 4.85. The number of ether oxygens (including phenoxy) is 1. The van der Waals surface area contributed by atoms with Crippen LogP contribution in [0.25, 0.3) is 10.9 Å². The zero-order valence-corrected chi connectivity index (χ0v) is 18.9. The number of carbonyl (C=O) groups excluding carboxylic acids is 2. The van der Waals surface area contributed by atoms with Gasteiger partial charge in [-0.3, -0.25) is 9.78 Å². The molecule has 2 unspecified atom stereocenters. The molecule has 2 aromatic rings. The van der Waals surface area contributed by atoms with Crippen LogP contribution in [0.4, 0.5) is 0 Å². The van der Waals surface area contributed by atoms with E-state index in [1.807, 2.05) is 31.2 Å². The van der Waals surface area contributed by atoms with Crippen LogP contribution in [0.3, 0.4) is 0 Å². The Kier molecular flexibility index (Phi) is 6.79. The minimum absolute atomic E-state index is 0.0725. The van der Waals surface area contributed by atoms with Gasteiger partial charge in [-0.05, 0) is 55.6 Å². The Morgan fingerprint density at radius 3 is 2.70 bits per heavy atom. The van der Waals surface area contributed by atoms with Gasteiger partial charge in [0, 0.05) is 17.1 Å². The number of pyridine rings is 1. The number of hydrogen-bond acceptors (Lipinski definition) is 4. The molecule has 0 aliphatic heterocycles. The van der Waals surface area contributed by atoms with Gasteiger partial charge in [-0.15, -0.1) is 0 Å². The third-order valence-corrected chi connectivity index (χ3v) is 6.15. The van der Waals surface area contributed by atoms with Gasteiger partial charge < -0.3 is 10.1 Å². The van der Waals surface area contributed by atoms with Crippen molar-refractivity contribution in [1.29, 1.82) is 0 Å². The average molecular weight is 411 g/mol. The summed E-state index contributed by atoms with van der Waals surface area (Å²) in [5.41, 5.74) is 3.52. The summed E-state index contributed by atoms with van der Waals surface area (Å²) >= 11 is 0. The molecule has 0 spiro atoms. The highest BCUT2D eigenvalue weighted by atomic mass is 16.5. The lowest BCUT2D eigenvalue weighted by molar-refractivity contribution is -0.124. The number of benzene rings is 1. The van der Waals surface area contributed by atoms with Crippen LogP contribution < -0.4 is 5.32 Å². The van der Waals surface area contributed by atoms with Crippen LogP contribution in [0.1, 0.15) is 75.5 Å². The lowest BCUT2D eigenvalue weighted by Gasteiger charge is -2.35. The van der Waals surface area contributed by atoms with E-state index in [1.165, 1.54) is 0 Å². The summed E-state index contributed by atoms with van der Waals surface area (Å²) in [6.07, 6.45) is 4.62. The van der Waals surface area contributed by atoms with E-state index in [-0.39, 0.29) is 24.0 Å².